The van der Waals surface area contributed by atoms with Crippen molar-refractivity contribution in [2.45, 2.75) is 6.29 Å². The van der Waals surface area contributed by atoms with Gasteiger partial charge >= 0.3 is 0 Å². The Labute approximate surface area is 110 Å². The molecule has 0 bridgehead atoms. The lowest BCUT2D eigenvalue weighted by Gasteiger charge is -2.12. The van der Waals surface area contributed by atoms with Gasteiger partial charge in [0.1, 0.15) is 11.4 Å². The van der Waals surface area contributed by atoms with Crippen molar-refractivity contribution in [3.8, 4) is 17.4 Å². The minimum absolute atomic E-state index is 0.437. The number of hydrogen-bond acceptors (Lipinski definition) is 7. The zero-order chi connectivity index (χ0) is 13.7. The van der Waals surface area contributed by atoms with Crippen molar-refractivity contribution in [1.82, 2.24) is 20.2 Å². The van der Waals surface area contributed by atoms with Crippen LogP contribution in [0.15, 0.2) is 24.4 Å². The molecule has 0 aliphatic rings. The summed E-state index contributed by atoms with van der Waals surface area (Å²) in [7, 11) is 4.62. The number of ether oxygens (including phenoxy) is 3. The van der Waals surface area contributed by atoms with Crippen molar-refractivity contribution >= 4 is 0 Å². The van der Waals surface area contributed by atoms with Gasteiger partial charge in [-0.25, -0.2) is 9.97 Å². The topological polar surface area (TPSA) is 79.2 Å². The molecule has 2 heterocycles. The van der Waals surface area contributed by atoms with Crippen LogP contribution in [0.1, 0.15) is 12.0 Å². The molecule has 0 fully saturated rings. The standard InChI is InChI=1S/C12H14N4O3/c1-17-10-5-4-8(15-16-10)11-13-7-6-9(14-11)12(18-2)19-3/h4-7,12H,1-3H3. The third-order valence-electron chi connectivity index (χ3n) is 2.43. The third-order valence-corrected chi connectivity index (χ3v) is 2.43. The molecule has 0 radical (unpaired) electrons. The van der Waals surface area contributed by atoms with Gasteiger partial charge in [0.2, 0.25) is 12.2 Å². The maximum Gasteiger partial charge on any atom is 0.233 e. The van der Waals surface area contributed by atoms with Gasteiger partial charge in [0.25, 0.3) is 0 Å². The fourth-order valence-corrected chi connectivity index (χ4v) is 1.51. The fourth-order valence-electron chi connectivity index (χ4n) is 1.51. The van der Waals surface area contributed by atoms with Gasteiger partial charge in [-0.05, 0) is 12.1 Å². The molecule has 0 saturated carbocycles. The van der Waals surface area contributed by atoms with Crippen LogP contribution >= 0.6 is 0 Å². The Balaban J connectivity index is 2.31. The average Bonchev–Trinajstić information content (AvgIpc) is 2.49. The maximum atomic E-state index is 5.14. The predicted octanol–water partition coefficient (Wildman–Crippen LogP) is 1.23. The summed E-state index contributed by atoms with van der Waals surface area (Å²) in [5, 5.41) is 7.86. The van der Waals surface area contributed by atoms with E-state index in [0.29, 0.717) is 23.1 Å². The van der Waals surface area contributed by atoms with E-state index in [9.17, 15) is 0 Å². The molecule has 2 aromatic rings. The molecule has 2 rings (SSSR count). The molecule has 19 heavy (non-hydrogen) atoms. The average molecular weight is 262 g/mol. The summed E-state index contributed by atoms with van der Waals surface area (Å²) in [6, 6.07) is 5.15. The van der Waals surface area contributed by atoms with Crippen LogP contribution in [0.25, 0.3) is 11.5 Å². The van der Waals surface area contributed by atoms with Crippen LogP contribution in [0.5, 0.6) is 5.88 Å². The van der Waals surface area contributed by atoms with Crippen LogP contribution in [-0.2, 0) is 9.47 Å². The van der Waals surface area contributed by atoms with E-state index in [4.69, 9.17) is 14.2 Å². The molecule has 0 N–H and O–H groups in total. The van der Waals surface area contributed by atoms with Crippen molar-refractivity contribution in [1.29, 1.82) is 0 Å². The SMILES string of the molecule is COc1ccc(-c2nccc(C(OC)OC)n2)nn1. The second-order valence-electron chi connectivity index (χ2n) is 3.57. The third kappa shape index (κ3) is 3.01. The zero-order valence-electron chi connectivity index (χ0n) is 10.9. The Morgan fingerprint density at radius 1 is 1.00 bits per heavy atom. The van der Waals surface area contributed by atoms with Gasteiger partial charge in [0.15, 0.2) is 5.82 Å². The first-order valence-corrected chi connectivity index (χ1v) is 5.55. The fraction of sp³-hybridized carbons (Fsp3) is 0.333. The van der Waals surface area contributed by atoms with Crippen LogP contribution in [0.2, 0.25) is 0 Å². The van der Waals surface area contributed by atoms with E-state index in [1.54, 1.807) is 38.6 Å². The molecule has 0 saturated heterocycles. The molecule has 0 spiro atoms. The highest BCUT2D eigenvalue weighted by Gasteiger charge is 2.13. The largest absolute Gasteiger partial charge is 0.480 e. The van der Waals surface area contributed by atoms with Crippen molar-refractivity contribution in [2.24, 2.45) is 0 Å². The molecular weight excluding hydrogens is 248 g/mol. The maximum absolute atomic E-state index is 5.14. The van der Waals surface area contributed by atoms with Gasteiger partial charge in [-0.3, -0.25) is 0 Å². The summed E-state index contributed by atoms with van der Waals surface area (Å²) in [4.78, 5) is 8.49. The normalized spacial score (nSPS) is 10.7. The van der Waals surface area contributed by atoms with E-state index in [2.05, 4.69) is 20.2 Å². The lowest BCUT2D eigenvalue weighted by molar-refractivity contribution is -0.108. The highest BCUT2D eigenvalue weighted by atomic mass is 16.7. The van der Waals surface area contributed by atoms with Gasteiger partial charge < -0.3 is 14.2 Å². The first-order chi connectivity index (χ1) is 9.28. The summed E-state index contributed by atoms with van der Waals surface area (Å²) in [5.41, 5.74) is 1.17. The van der Waals surface area contributed by atoms with Crippen molar-refractivity contribution in [3.63, 3.8) is 0 Å². The second-order valence-corrected chi connectivity index (χ2v) is 3.57. The molecule has 0 aliphatic heterocycles. The Morgan fingerprint density at radius 3 is 2.37 bits per heavy atom. The second kappa shape index (κ2) is 6.17. The summed E-state index contributed by atoms with van der Waals surface area (Å²) >= 11 is 0. The van der Waals surface area contributed by atoms with E-state index >= 15 is 0 Å². The van der Waals surface area contributed by atoms with E-state index < -0.39 is 6.29 Å². The molecular formula is C12H14N4O3. The van der Waals surface area contributed by atoms with Crippen LogP contribution in [-0.4, -0.2) is 41.5 Å². The van der Waals surface area contributed by atoms with E-state index in [1.807, 2.05) is 0 Å². The molecule has 0 unspecified atom stereocenters. The van der Waals surface area contributed by atoms with Gasteiger partial charge in [-0.15, -0.1) is 10.2 Å². The van der Waals surface area contributed by atoms with Crippen LogP contribution in [0.4, 0.5) is 0 Å². The summed E-state index contributed by atoms with van der Waals surface area (Å²) in [6.07, 6.45) is 1.09. The lowest BCUT2D eigenvalue weighted by atomic mass is 10.3. The summed E-state index contributed by atoms with van der Waals surface area (Å²) in [6.45, 7) is 0. The first kappa shape index (κ1) is 13.3. The minimum atomic E-state index is -0.534. The van der Waals surface area contributed by atoms with Crippen LogP contribution < -0.4 is 4.74 Å². The van der Waals surface area contributed by atoms with Gasteiger partial charge in [0, 0.05) is 26.5 Å². The lowest BCUT2D eigenvalue weighted by Crippen LogP contribution is -2.07. The Kier molecular flexibility index (Phi) is 4.32. The van der Waals surface area contributed by atoms with Crippen molar-refractivity contribution in [3.05, 3.63) is 30.1 Å². The number of rotatable bonds is 5. The van der Waals surface area contributed by atoms with E-state index in [-0.39, 0.29) is 0 Å². The zero-order valence-corrected chi connectivity index (χ0v) is 10.9. The van der Waals surface area contributed by atoms with Crippen LogP contribution in [0.3, 0.4) is 0 Å². The molecule has 0 aliphatic carbocycles. The van der Waals surface area contributed by atoms with Crippen molar-refractivity contribution in [2.75, 3.05) is 21.3 Å². The molecule has 100 valence electrons. The molecule has 0 aromatic carbocycles. The molecule has 7 nitrogen and oxygen atoms in total. The molecule has 0 atom stereocenters. The van der Waals surface area contributed by atoms with Gasteiger partial charge in [-0.1, -0.05) is 0 Å². The summed E-state index contributed by atoms with van der Waals surface area (Å²) in [5.74, 6) is 0.887. The number of aromatic nitrogens is 4. The van der Waals surface area contributed by atoms with Crippen LogP contribution in [0, 0.1) is 0 Å². The predicted molar refractivity (Wildman–Crippen MR) is 66.4 cm³/mol. The number of methoxy groups -OCH3 is 3. The van der Waals surface area contributed by atoms with E-state index in [1.165, 1.54) is 7.11 Å². The Bertz CT molecular complexity index is 529. The number of hydrogen-bond donors (Lipinski definition) is 0. The summed E-state index contributed by atoms with van der Waals surface area (Å²) < 4.78 is 15.2. The minimum Gasteiger partial charge on any atom is -0.480 e. The smallest absolute Gasteiger partial charge is 0.233 e. The van der Waals surface area contributed by atoms with Gasteiger partial charge in [-0.2, -0.15) is 0 Å². The molecule has 2 aromatic heterocycles. The highest BCUT2D eigenvalue weighted by Crippen LogP contribution is 2.18. The Hall–Kier alpha value is -2.12. The molecule has 7 heteroatoms. The first-order valence-electron chi connectivity index (χ1n) is 5.55. The number of nitrogens with zero attached hydrogens (tertiary/aromatic N) is 4. The van der Waals surface area contributed by atoms with E-state index in [0.717, 1.165) is 0 Å². The highest BCUT2D eigenvalue weighted by molar-refractivity contribution is 5.48. The van der Waals surface area contributed by atoms with Crippen molar-refractivity contribution < 1.29 is 14.2 Å². The van der Waals surface area contributed by atoms with Gasteiger partial charge in [0.05, 0.1) is 7.11 Å². The molecule has 0 amide bonds. The monoisotopic (exact) mass is 262 g/mol. The quantitative estimate of drug-likeness (QED) is 0.750. The Morgan fingerprint density at radius 2 is 1.79 bits per heavy atom.